The van der Waals surface area contributed by atoms with Gasteiger partial charge in [-0.25, -0.2) is 4.98 Å². The van der Waals surface area contributed by atoms with Gasteiger partial charge in [-0.05, 0) is 22.0 Å². The zero-order valence-corrected chi connectivity index (χ0v) is 11.3. The quantitative estimate of drug-likeness (QED) is 0.288. The molecule has 1 aromatic rings. The van der Waals surface area contributed by atoms with Gasteiger partial charge >= 0.3 is 58.7 Å². The molecule has 13 heavy (non-hydrogen) atoms. The first-order valence-corrected chi connectivity index (χ1v) is 3.49. The molecule has 0 aliphatic carbocycles. The molecule has 0 unspecified atom stereocenters. The monoisotopic (exact) mass is 281 g/mol. The third-order valence-electron chi connectivity index (χ3n) is 1.07. The van der Waals surface area contributed by atoms with Crippen molar-refractivity contribution in [3.05, 3.63) is 22.7 Å². The van der Waals surface area contributed by atoms with Gasteiger partial charge in [0.2, 0.25) is 5.95 Å². The Morgan fingerprint density at radius 1 is 1.38 bits per heavy atom. The zero-order chi connectivity index (χ0) is 8.43. The maximum absolute atomic E-state index is 12.4. The molecule has 0 fully saturated rings. The second kappa shape index (κ2) is 7.36. The molecule has 0 bridgehead atoms. The molecule has 0 atom stereocenters. The van der Waals surface area contributed by atoms with Crippen LogP contribution >= 0.6 is 15.9 Å². The van der Waals surface area contributed by atoms with Crippen LogP contribution in [0.1, 0.15) is 0 Å². The van der Waals surface area contributed by atoms with Crippen molar-refractivity contribution in [3.63, 3.8) is 0 Å². The van der Waals surface area contributed by atoms with E-state index in [9.17, 15) is 13.0 Å². The largest absolute Gasteiger partial charge is 1.00 e. The Morgan fingerprint density at radius 2 is 1.92 bits per heavy atom. The summed E-state index contributed by atoms with van der Waals surface area (Å²) in [6.07, 6.45) is 1.13. The SMILES string of the molecule is FB(F)c1cc(Br)cnc1F.[F-].[K+]. The first-order valence-electron chi connectivity index (χ1n) is 2.70. The summed E-state index contributed by atoms with van der Waals surface area (Å²) in [5.41, 5.74) is -0.681. The van der Waals surface area contributed by atoms with Crippen LogP contribution in [0, 0.1) is 5.95 Å². The molecular weight excluding hydrogens is 280 g/mol. The van der Waals surface area contributed by atoms with Crippen molar-refractivity contribution >= 4 is 28.7 Å². The first kappa shape index (κ1) is 16.5. The van der Waals surface area contributed by atoms with Gasteiger partial charge in [-0.3, -0.25) is 8.63 Å². The summed E-state index contributed by atoms with van der Waals surface area (Å²) in [7, 11) is -2.82. The average molecular weight is 282 g/mol. The fourth-order valence-electron chi connectivity index (χ4n) is 0.591. The Bertz CT molecular complexity index is 275. The van der Waals surface area contributed by atoms with E-state index >= 15 is 0 Å². The van der Waals surface area contributed by atoms with Crippen LogP contribution in [0.25, 0.3) is 0 Å². The van der Waals surface area contributed by atoms with E-state index in [-0.39, 0.29) is 56.1 Å². The second-order valence-electron chi connectivity index (χ2n) is 1.83. The van der Waals surface area contributed by atoms with Crippen LogP contribution < -0.4 is 61.6 Å². The van der Waals surface area contributed by atoms with E-state index in [0.29, 0.717) is 4.47 Å². The van der Waals surface area contributed by atoms with Gasteiger partial charge in [0.25, 0.3) is 0 Å². The standard InChI is InChI=1S/C5H2BBrF3N.FH.K/c7-3-1-4(6(9)10)5(8)11-2-3;;/h1-2H;1H;/q;;+1/p-1. The summed E-state index contributed by atoms with van der Waals surface area (Å²) in [5, 5.41) is 0. The van der Waals surface area contributed by atoms with E-state index in [1.165, 1.54) is 0 Å². The molecule has 0 aromatic carbocycles. The number of nitrogens with zero attached hydrogens (tertiary/aromatic N) is 1. The third kappa shape index (κ3) is 4.89. The smallest absolute Gasteiger partial charge is 1.00 e. The van der Waals surface area contributed by atoms with Crippen molar-refractivity contribution in [2.75, 3.05) is 0 Å². The first-order chi connectivity index (χ1) is 5.11. The predicted molar refractivity (Wildman–Crippen MR) is 39.5 cm³/mol. The molecule has 1 rings (SSSR count). The van der Waals surface area contributed by atoms with Crippen LogP contribution in [-0.4, -0.2) is 12.3 Å². The van der Waals surface area contributed by atoms with Crippen molar-refractivity contribution in [2.24, 2.45) is 0 Å². The van der Waals surface area contributed by atoms with Gasteiger partial charge in [-0.15, -0.1) is 0 Å². The van der Waals surface area contributed by atoms with Crippen LogP contribution in [0.15, 0.2) is 16.7 Å². The van der Waals surface area contributed by atoms with Gasteiger partial charge in [0.15, 0.2) is 0 Å². The Labute approximate surface area is 124 Å². The van der Waals surface area contributed by atoms with Crippen molar-refractivity contribution in [2.45, 2.75) is 0 Å². The number of rotatable bonds is 1. The molecule has 1 heterocycles. The van der Waals surface area contributed by atoms with E-state index in [0.717, 1.165) is 12.3 Å². The summed E-state index contributed by atoms with van der Waals surface area (Å²) >= 11 is 2.90. The van der Waals surface area contributed by atoms with Gasteiger partial charge in [0.1, 0.15) is 0 Å². The van der Waals surface area contributed by atoms with Gasteiger partial charge in [0, 0.05) is 16.1 Å². The summed E-state index contributed by atoms with van der Waals surface area (Å²) in [4.78, 5) is 3.11. The average Bonchev–Trinajstić information content (AvgIpc) is 1.94. The van der Waals surface area contributed by atoms with Crippen LogP contribution in [-0.2, 0) is 0 Å². The Kier molecular flexibility index (Phi) is 9.33. The predicted octanol–water partition coefficient (Wildman–Crippen LogP) is -4.37. The summed E-state index contributed by atoms with van der Waals surface area (Å²) in [6.45, 7) is 0. The number of pyridine rings is 1. The minimum atomic E-state index is -2.82. The molecule has 0 saturated heterocycles. The maximum Gasteiger partial charge on any atom is 1.00 e. The minimum absolute atomic E-state index is 0. The molecule has 0 aliphatic rings. The third-order valence-corrected chi connectivity index (χ3v) is 1.50. The summed E-state index contributed by atoms with van der Waals surface area (Å²) in [6, 6.07) is 1.01. The van der Waals surface area contributed by atoms with Gasteiger partial charge in [-0.1, -0.05) is 0 Å². The fourth-order valence-corrected chi connectivity index (χ4v) is 0.940. The van der Waals surface area contributed by atoms with Crippen molar-refractivity contribution in [3.8, 4) is 0 Å². The van der Waals surface area contributed by atoms with E-state index in [4.69, 9.17) is 0 Å². The van der Waals surface area contributed by atoms with E-state index < -0.39 is 18.7 Å². The van der Waals surface area contributed by atoms with Gasteiger partial charge in [-0.2, -0.15) is 4.39 Å². The minimum Gasteiger partial charge on any atom is -1.00 e. The molecule has 66 valence electrons. The molecule has 1 nitrogen and oxygen atoms in total. The number of hydrogen-bond acceptors (Lipinski definition) is 1. The molecule has 0 spiro atoms. The van der Waals surface area contributed by atoms with E-state index in [1.807, 2.05) is 0 Å². The van der Waals surface area contributed by atoms with Crippen molar-refractivity contribution < 1.29 is 69.1 Å². The Balaban J connectivity index is 0. The molecule has 0 radical (unpaired) electrons. The van der Waals surface area contributed by atoms with Crippen LogP contribution in [0.3, 0.4) is 0 Å². The fraction of sp³-hybridized carbons (Fsp3) is 0. The number of halogens is 5. The van der Waals surface area contributed by atoms with Crippen LogP contribution in [0.5, 0.6) is 0 Å². The normalized spacial score (nSPS) is 8.31. The number of aromatic nitrogens is 1. The molecular formula is C5H2BBrF4KN. The Hall–Kier alpha value is 1.05. The van der Waals surface area contributed by atoms with Gasteiger partial charge in [0.05, 0.1) is 0 Å². The Morgan fingerprint density at radius 3 is 2.31 bits per heavy atom. The van der Waals surface area contributed by atoms with Crippen molar-refractivity contribution in [1.29, 1.82) is 0 Å². The van der Waals surface area contributed by atoms with E-state index in [2.05, 4.69) is 20.9 Å². The second-order valence-corrected chi connectivity index (χ2v) is 2.75. The molecule has 0 aliphatic heterocycles. The molecule has 0 saturated carbocycles. The molecule has 0 amide bonds. The summed E-state index contributed by atoms with van der Waals surface area (Å²) < 4.78 is 36.6. The van der Waals surface area contributed by atoms with E-state index in [1.54, 1.807) is 0 Å². The van der Waals surface area contributed by atoms with Crippen LogP contribution in [0.2, 0.25) is 0 Å². The summed E-state index contributed by atoms with van der Waals surface area (Å²) in [5.74, 6) is -1.12. The molecule has 0 N–H and O–H groups in total. The molecule has 1 aromatic heterocycles. The van der Waals surface area contributed by atoms with Crippen molar-refractivity contribution in [1.82, 2.24) is 4.98 Å². The number of hydrogen-bond donors (Lipinski definition) is 0. The van der Waals surface area contributed by atoms with Crippen LogP contribution in [0.4, 0.5) is 13.0 Å². The topological polar surface area (TPSA) is 12.9 Å². The molecule has 8 heteroatoms. The zero-order valence-electron chi connectivity index (χ0n) is 6.57. The van der Waals surface area contributed by atoms with Gasteiger partial charge < -0.3 is 4.70 Å². The maximum atomic E-state index is 12.4.